The van der Waals surface area contributed by atoms with Gasteiger partial charge >= 0.3 is 0 Å². The number of carbonyl (C=O) groups is 2. The summed E-state index contributed by atoms with van der Waals surface area (Å²) >= 11 is 12.2. The Morgan fingerprint density at radius 3 is 2.29 bits per heavy atom. The van der Waals surface area contributed by atoms with E-state index in [0.29, 0.717) is 16.5 Å². The monoisotopic (exact) mass is 541 g/mol. The first-order valence-electron chi connectivity index (χ1n) is 11.5. The van der Waals surface area contributed by atoms with Crippen LogP contribution < -0.4 is 5.32 Å². The first-order valence-corrected chi connectivity index (χ1v) is 13.7. The molecule has 2 rings (SSSR count). The van der Waals surface area contributed by atoms with Crippen LogP contribution in [0.15, 0.2) is 53.4 Å². The quantitative estimate of drug-likeness (QED) is 0.420. The molecule has 0 aliphatic carbocycles. The van der Waals surface area contributed by atoms with Gasteiger partial charge in [0.25, 0.3) is 0 Å². The van der Waals surface area contributed by atoms with E-state index in [4.69, 9.17) is 23.2 Å². The summed E-state index contributed by atoms with van der Waals surface area (Å²) in [6.45, 7) is 5.88. The average Bonchev–Trinajstić information content (AvgIpc) is 2.84. The molecule has 0 heterocycles. The summed E-state index contributed by atoms with van der Waals surface area (Å²) in [5.41, 5.74) is 0.736. The molecule has 192 valence electrons. The van der Waals surface area contributed by atoms with Gasteiger partial charge in [0.05, 0.1) is 14.9 Å². The third-order valence-corrected chi connectivity index (χ3v) is 8.43. The molecule has 35 heavy (non-hydrogen) atoms. The summed E-state index contributed by atoms with van der Waals surface area (Å²) in [7, 11) is -2.16. The predicted octanol–water partition coefficient (Wildman–Crippen LogP) is 4.73. The number of rotatable bonds is 12. The molecular formula is C25H33Cl2N3O4S. The summed E-state index contributed by atoms with van der Waals surface area (Å²) in [6.07, 6.45) is 1.15. The van der Waals surface area contributed by atoms with Crippen LogP contribution in [-0.2, 0) is 26.2 Å². The van der Waals surface area contributed by atoms with Gasteiger partial charge < -0.3 is 10.2 Å². The van der Waals surface area contributed by atoms with Crippen LogP contribution in [-0.4, -0.2) is 55.1 Å². The van der Waals surface area contributed by atoms with Crippen molar-refractivity contribution in [2.75, 3.05) is 13.6 Å². The zero-order valence-electron chi connectivity index (χ0n) is 20.5. The van der Waals surface area contributed by atoms with Gasteiger partial charge in [0.15, 0.2) is 0 Å². The SMILES string of the molecule is CC[C@@H](C)NC(=O)[C@@H](C)N(Cc1ccc(Cl)c(Cl)c1)C(=O)CCCN(C)S(=O)(=O)c1ccccc1. The summed E-state index contributed by atoms with van der Waals surface area (Å²) in [5, 5.41) is 3.68. The van der Waals surface area contributed by atoms with Gasteiger partial charge in [-0.1, -0.05) is 54.4 Å². The fraction of sp³-hybridized carbons (Fsp3) is 0.440. The van der Waals surface area contributed by atoms with E-state index in [2.05, 4.69) is 5.32 Å². The lowest BCUT2D eigenvalue weighted by Crippen LogP contribution is -2.49. The topological polar surface area (TPSA) is 86.8 Å². The molecule has 0 saturated heterocycles. The maximum atomic E-state index is 13.2. The van der Waals surface area contributed by atoms with E-state index in [9.17, 15) is 18.0 Å². The van der Waals surface area contributed by atoms with Crippen LogP contribution >= 0.6 is 23.2 Å². The highest BCUT2D eigenvalue weighted by Gasteiger charge is 2.27. The standard InChI is InChI=1S/C25H33Cl2N3O4S/c1-5-18(2)28-25(32)19(3)30(17-20-13-14-22(26)23(27)16-20)24(31)12-9-15-29(4)35(33,34)21-10-7-6-8-11-21/h6-8,10-11,13-14,16,18-19H,5,9,12,15,17H2,1-4H3,(H,28,32)/t18-,19-/m1/s1. The molecule has 2 atom stereocenters. The average molecular weight is 543 g/mol. The fourth-order valence-corrected chi connectivity index (χ4v) is 4.92. The molecule has 2 aromatic carbocycles. The van der Waals surface area contributed by atoms with Gasteiger partial charge in [0.1, 0.15) is 6.04 Å². The Hall–Kier alpha value is -2.13. The number of benzene rings is 2. The van der Waals surface area contributed by atoms with Crippen molar-refractivity contribution < 1.29 is 18.0 Å². The highest BCUT2D eigenvalue weighted by Crippen LogP contribution is 2.24. The Bertz CT molecular complexity index is 1110. The summed E-state index contributed by atoms with van der Waals surface area (Å²) in [5.74, 6) is -0.509. The molecule has 7 nitrogen and oxygen atoms in total. The molecule has 0 radical (unpaired) electrons. The van der Waals surface area contributed by atoms with Crippen LogP contribution in [0.4, 0.5) is 0 Å². The third-order valence-electron chi connectivity index (χ3n) is 5.82. The van der Waals surface area contributed by atoms with Crippen molar-refractivity contribution in [1.29, 1.82) is 0 Å². The van der Waals surface area contributed by atoms with Gasteiger partial charge in [0.2, 0.25) is 21.8 Å². The number of carbonyl (C=O) groups excluding carboxylic acids is 2. The molecule has 0 fully saturated rings. The Labute approximate surface area is 218 Å². The molecule has 0 aliphatic heterocycles. The van der Waals surface area contributed by atoms with Crippen LogP contribution in [0, 0.1) is 0 Å². The second kappa shape index (κ2) is 13.3. The second-order valence-electron chi connectivity index (χ2n) is 8.51. The van der Waals surface area contributed by atoms with Crippen molar-refractivity contribution >= 4 is 45.0 Å². The van der Waals surface area contributed by atoms with Gasteiger partial charge in [-0.25, -0.2) is 12.7 Å². The number of halogens is 2. The van der Waals surface area contributed by atoms with Crippen LogP contribution in [0.1, 0.15) is 45.6 Å². The minimum absolute atomic E-state index is 0.0243. The summed E-state index contributed by atoms with van der Waals surface area (Å²) < 4.78 is 26.7. The van der Waals surface area contributed by atoms with E-state index < -0.39 is 16.1 Å². The molecule has 0 spiro atoms. The fourth-order valence-electron chi connectivity index (χ4n) is 3.37. The maximum Gasteiger partial charge on any atom is 0.242 e. The Balaban J connectivity index is 2.12. The van der Waals surface area contributed by atoms with Gasteiger partial charge in [-0.3, -0.25) is 9.59 Å². The van der Waals surface area contributed by atoms with Crippen LogP contribution in [0.5, 0.6) is 0 Å². The molecule has 1 N–H and O–H groups in total. The summed E-state index contributed by atoms with van der Waals surface area (Å²) in [6, 6.07) is 12.5. The zero-order chi connectivity index (χ0) is 26.2. The minimum Gasteiger partial charge on any atom is -0.352 e. The largest absolute Gasteiger partial charge is 0.352 e. The Morgan fingerprint density at radius 2 is 1.69 bits per heavy atom. The second-order valence-corrected chi connectivity index (χ2v) is 11.4. The van der Waals surface area contributed by atoms with Crippen molar-refractivity contribution in [3.05, 3.63) is 64.1 Å². The number of nitrogens with one attached hydrogen (secondary N) is 1. The lowest BCUT2D eigenvalue weighted by atomic mass is 10.1. The molecule has 0 bridgehead atoms. The van der Waals surface area contributed by atoms with Gasteiger partial charge in [-0.15, -0.1) is 0 Å². The van der Waals surface area contributed by atoms with E-state index >= 15 is 0 Å². The highest BCUT2D eigenvalue weighted by atomic mass is 35.5. The van der Waals surface area contributed by atoms with Crippen molar-refractivity contribution in [1.82, 2.24) is 14.5 Å². The van der Waals surface area contributed by atoms with Crippen LogP contribution in [0.25, 0.3) is 0 Å². The molecule has 0 saturated carbocycles. The number of nitrogens with zero attached hydrogens (tertiary/aromatic N) is 2. The molecule has 2 amide bonds. The highest BCUT2D eigenvalue weighted by molar-refractivity contribution is 7.89. The number of hydrogen-bond acceptors (Lipinski definition) is 4. The molecule has 2 aromatic rings. The smallest absolute Gasteiger partial charge is 0.242 e. The van der Waals surface area contributed by atoms with E-state index in [-0.39, 0.29) is 42.3 Å². The van der Waals surface area contributed by atoms with Crippen molar-refractivity contribution in [3.63, 3.8) is 0 Å². The molecule has 10 heteroatoms. The van der Waals surface area contributed by atoms with Crippen molar-refractivity contribution in [3.8, 4) is 0 Å². The normalized spacial score (nSPS) is 13.3. The predicted molar refractivity (Wildman–Crippen MR) is 140 cm³/mol. The summed E-state index contributed by atoms with van der Waals surface area (Å²) in [4.78, 5) is 27.7. The maximum absolute atomic E-state index is 13.2. The Morgan fingerprint density at radius 1 is 1.03 bits per heavy atom. The number of hydrogen-bond donors (Lipinski definition) is 1. The van der Waals surface area contributed by atoms with Gasteiger partial charge in [0, 0.05) is 32.6 Å². The molecule has 0 unspecified atom stereocenters. The van der Waals surface area contributed by atoms with Crippen LogP contribution in [0.3, 0.4) is 0 Å². The molecule has 0 aliphatic rings. The van der Waals surface area contributed by atoms with E-state index in [1.165, 1.54) is 28.4 Å². The molecular weight excluding hydrogens is 509 g/mol. The third kappa shape index (κ3) is 8.20. The number of sulfonamides is 1. The first kappa shape index (κ1) is 29.1. The lowest BCUT2D eigenvalue weighted by Gasteiger charge is -2.30. The zero-order valence-corrected chi connectivity index (χ0v) is 22.8. The first-order chi connectivity index (χ1) is 16.5. The molecule has 0 aromatic heterocycles. The van der Waals surface area contributed by atoms with Gasteiger partial charge in [-0.2, -0.15) is 0 Å². The van der Waals surface area contributed by atoms with E-state index in [0.717, 1.165) is 12.0 Å². The Kier molecular flexibility index (Phi) is 11.0. The van der Waals surface area contributed by atoms with Crippen LogP contribution in [0.2, 0.25) is 10.0 Å². The van der Waals surface area contributed by atoms with Crippen molar-refractivity contribution in [2.45, 2.75) is 63.6 Å². The number of amides is 2. The minimum atomic E-state index is -3.64. The lowest BCUT2D eigenvalue weighted by molar-refractivity contribution is -0.141. The van der Waals surface area contributed by atoms with Gasteiger partial charge in [-0.05, 0) is 56.5 Å². The van der Waals surface area contributed by atoms with E-state index in [1.54, 1.807) is 43.3 Å². The van der Waals surface area contributed by atoms with E-state index in [1.807, 2.05) is 13.8 Å². The van der Waals surface area contributed by atoms with Crippen molar-refractivity contribution in [2.24, 2.45) is 0 Å².